The molecule has 0 spiro atoms. The molecule has 0 aromatic heterocycles. The topological polar surface area (TPSA) is 98.3 Å². The highest BCUT2D eigenvalue weighted by atomic mass is 127. The minimum Gasteiger partial charge on any atom is -0.444 e. The van der Waals surface area contributed by atoms with Gasteiger partial charge in [-0.1, -0.05) is 0 Å². The average molecular weight is 540 g/mol. The van der Waals surface area contributed by atoms with Crippen LogP contribution in [0.25, 0.3) is 0 Å². The van der Waals surface area contributed by atoms with Gasteiger partial charge in [0.25, 0.3) is 0 Å². The Morgan fingerprint density at radius 1 is 1.00 bits per heavy atom. The van der Waals surface area contributed by atoms with E-state index in [0.717, 1.165) is 32.6 Å². The van der Waals surface area contributed by atoms with Crippen LogP contribution in [0.4, 0.5) is 4.79 Å². The van der Waals surface area contributed by atoms with E-state index in [9.17, 15) is 9.59 Å². The fourth-order valence-corrected chi connectivity index (χ4v) is 2.84. The van der Waals surface area contributed by atoms with Crippen LogP contribution in [0, 0.1) is 0 Å². The minimum atomic E-state index is -0.458. The molecule has 1 saturated heterocycles. The number of carbonyl (C=O) groups is 2. The molecule has 9 nitrogen and oxygen atoms in total. The van der Waals surface area contributed by atoms with Gasteiger partial charge in [0.05, 0.1) is 6.54 Å². The molecule has 0 aromatic rings. The summed E-state index contributed by atoms with van der Waals surface area (Å²) in [6, 6.07) is 0. The zero-order valence-corrected chi connectivity index (χ0v) is 22.0. The molecule has 1 heterocycles. The van der Waals surface area contributed by atoms with Gasteiger partial charge in [0.1, 0.15) is 5.60 Å². The second kappa shape index (κ2) is 13.2. The first kappa shape index (κ1) is 28.7. The number of nitrogens with one attached hydrogen (secondary N) is 3. The highest BCUT2D eigenvalue weighted by molar-refractivity contribution is 14.0. The molecule has 2 amide bonds. The van der Waals surface area contributed by atoms with Crippen LogP contribution < -0.4 is 16.0 Å². The van der Waals surface area contributed by atoms with E-state index in [0.29, 0.717) is 19.0 Å². The molecule has 0 aromatic carbocycles. The number of carbonyl (C=O) groups excluding carboxylic acids is 2. The summed E-state index contributed by atoms with van der Waals surface area (Å²) >= 11 is 0. The van der Waals surface area contributed by atoms with Crippen molar-refractivity contribution < 1.29 is 14.3 Å². The van der Waals surface area contributed by atoms with E-state index < -0.39 is 5.60 Å². The number of nitrogens with zero attached hydrogens (tertiary/aromatic N) is 3. The van der Waals surface area contributed by atoms with Gasteiger partial charge in [0.15, 0.2) is 5.96 Å². The lowest BCUT2D eigenvalue weighted by atomic mass is 10.1. The Balaban J connectivity index is 0.00000841. The first-order chi connectivity index (χ1) is 13.4. The summed E-state index contributed by atoms with van der Waals surface area (Å²) < 4.78 is 5.43. The predicted molar refractivity (Wildman–Crippen MR) is 132 cm³/mol. The smallest absolute Gasteiger partial charge is 0.410 e. The largest absolute Gasteiger partial charge is 0.444 e. The fourth-order valence-electron chi connectivity index (χ4n) is 2.84. The Morgan fingerprint density at radius 2 is 1.60 bits per heavy atom. The molecule has 0 unspecified atom stereocenters. The molecular weight excluding hydrogens is 499 g/mol. The van der Waals surface area contributed by atoms with E-state index in [4.69, 9.17) is 4.74 Å². The Morgan fingerprint density at radius 3 is 2.10 bits per heavy atom. The summed E-state index contributed by atoms with van der Waals surface area (Å²) in [7, 11) is 1.69. The van der Waals surface area contributed by atoms with Crippen molar-refractivity contribution in [3.05, 3.63) is 0 Å². The highest BCUT2D eigenvalue weighted by Gasteiger charge is 2.25. The van der Waals surface area contributed by atoms with Crippen LogP contribution in [0.2, 0.25) is 0 Å². The molecule has 1 rings (SSSR count). The Hall–Kier alpha value is -1.30. The van der Waals surface area contributed by atoms with Gasteiger partial charge in [0.2, 0.25) is 5.91 Å². The number of hydrogen-bond donors (Lipinski definition) is 3. The molecule has 0 aliphatic carbocycles. The summed E-state index contributed by atoms with van der Waals surface area (Å²) in [5.41, 5.74) is -0.705. The zero-order chi connectivity index (χ0) is 22.1. The van der Waals surface area contributed by atoms with Gasteiger partial charge >= 0.3 is 6.09 Å². The third-order valence-electron chi connectivity index (χ3n) is 4.12. The van der Waals surface area contributed by atoms with Crippen LogP contribution in [-0.2, 0) is 9.53 Å². The zero-order valence-electron chi connectivity index (χ0n) is 19.6. The number of hydrogen-bond acceptors (Lipinski definition) is 5. The maximum absolute atomic E-state index is 12.1. The number of amides is 2. The first-order valence-corrected chi connectivity index (χ1v) is 10.4. The van der Waals surface area contributed by atoms with Crippen LogP contribution >= 0.6 is 24.0 Å². The monoisotopic (exact) mass is 540 g/mol. The number of guanidine groups is 1. The molecule has 3 N–H and O–H groups in total. The van der Waals surface area contributed by atoms with Gasteiger partial charge in [-0.2, -0.15) is 0 Å². The normalized spacial score (nSPS) is 15.8. The van der Waals surface area contributed by atoms with Crippen molar-refractivity contribution >= 4 is 41.9 Å². The van der Waals surface area contributed by atoms with Gasteiger partial charge in [-0.15, -0.1) is 24.0 Å². The summed E-state index contributed by atoms with van der Waals surface area (Å²) in [4.78, 5) is 32.2. The van der Waals surface area contributed by atoms with E-state index in [1.54, 1.807) is 11.9 Å². The van der Waals surface area contributed by atoms with Gasteiger partial charge in [-0.3, -0.25) is 14.7 Å². The fraction of sp³-hybridized carbons (Fsp3) is 0.850. The van der Waals surface area contributed by atoms with Crippen LogP contribution in [0.5, 0.6) is 0 Å². The maximum atomic E-state index is 12.1. The van der Waals surface area contributed by atoms with Crippen LogP contribution in [0.15, 0.2) is 4.99 Å². The van der Waals surface area contributed by atoms with Crippen molar-refractivity contribution in [2.45, 2.75) is 59.1 Å². The lowest BCUT2D eigenvalue weighted by molar-refractivity contribution is -0.121. The van der Waals surface area contributed by atoms with Crippen molar-refractivity contribution in [2.24, 2.45) is 4.99 Å². The molecule has 0 radical (unpaired) electrons. The number of aliphatic imine (C=N–C) groups is 1. The van der Waals surface area contributed by atoms with Gasteiger partial charge in [-0.25, -0.2) is 4.79 Å². The summed E-state index contributed by atoms with van der Waals surface area (Å²) in [6.07, 6.45) is 0.714. The molecule has 10 heteroatoms. The second-order valence-electron chi connectivity index (χ2n) is 9.31. The van der Waals surface area contributed by atoms with Crippen LogP contribution in [-0.4, -0.2) is 91.8 Å². The first-order valence-electron chi connectivity index (χ1n) is 10.4. The Kier molecular flexibility index (Phi) is 12.6. The lowest BCUT2D eigenvalue weighted by Crippen LogP contribution is -2.50. The van der Waals surface area contributed by atoms with Gasteiger partial charge in [0, 0.05) is 45.3 Å². The van der Waals surface area contributed by atoms with E-state index in [-0.39, 0.29) is 48.1 Å². The third-order valence-corrected chi connectivity index (χ3v) is 4.12. The minimum absolute atomic E-state index is 0. The van der Waals surface area contributed by atoms with E-state index in [2.05, 4.69) is 25.8 Å². The summed E-state index contributed by atoms with van der Waals surface area (Å²) in [6.45, 7) is 16.5. The molecular formula is C20H41IN6O3. The SMILES string of the molecule is CN=C(NCCCN1CCN(C(=O)OC(C)(C)C)CC1)NCC(=O)NC(C)(C)C.I. The van der Waals surface area contributed by atoms with E-state index in [1.807, 2.05) is 41.5 Å². The van der Waals surface area contributed by atoms with Crippen molar-refractivity contribution in [1.29, 1.82) is 0 Å². The molecule has 176 valence electrons. The van der Waals surface area contributed by atoms with Crippen molar-refractivity contribution in [1.82, 2.24) is 25.8 Å². The lowest BCUT2D eigenvalue weighted by Gasteiger charge is -2.35. The number of piperazine rings is 1. The van der Waals surface area contributed by atoms with Crippen molar-refractivity contribution in [2.75, 3.05) is 52.9 Å². The molecule has 0 saturated carbocycles. The number of halogens is 1. The average Bonchev–Trinajstić information content (AvgIpc) is 2.58. The predicted octanol–water partition coefficient (Wildman–Crippen LogP) is 1.63. The molecule has 30 heavy (non-hydrogen) atoms. The van der Waals surface area contributed by atoms with E-state index in [1.165, 1.54) is 0 Å². The summed E-state index contributed by atoms with van der Waals surface area (Å²) in [5, 5.41) is 9.15. The molecule has 0 bridgehead atoms. The van der Waals surface area contributed by atoms with Crippen molar-refractivity contribution in [3.63, 3.8) is 0 Å². The maximum Gasteiger partial charge on any atom is 0.410 e. The molecule has 1 fully saturated rings. The van der Waals surface area contributed by atoms with Gasteiger partial charge in [-0.05, 0) is 54.5 Å². The van der Waals surface area contributed by atoms with Crippen LogP contribution in [0.1, 0.15) is 48.0 Å². The quantitative estimate of drug-likeness (QED) is 0.205. The number of ether oxygens (including phenoxy) is 1. The Labute approximate surface area is 198 Å². The van der Waals surface area contributed by atoms with Crippen LogP contribution in [0.3, 0.4) is 0 Å². The number of rotatable bonds is 6. The Bertz CT molecular complexity index is 564. The second-order valence-corrected chi connectivity index (χ2v) is 9.31. The summed E-state index contributed by atoms with van der Waals surface area (Å²) in [5.74, 6) is 0.548. The molecule has 1 aliphatic rings. The van der Waals surface area contributed by atoms with Crippen molar-refractivity contribution in [3.8, 4) is 0 Å². The van der Waals surface area contributed by atoms with Gasteiger partial charge < -0.3 is 25.6 Å². The molecule has 1 aliphatic heterocycles. The highest BCUT2D eigenvalue weighted by Crippen LogP contribution is 2.11. The third kappa shape index (κ3) is 13.1. The molecule has 0 atom stereocenters. The van der Waals surface area contributed by atoms with E-state index >= 15 is 0 Å². The standard InChI is InChI=1S/C20H40N6O3.HI/c1-19(2,3)24-16(27)15-23-17(21-7)22-9-8-10-25-11-13-26(14-12-25)18(28)29-20(4,5)6;/h8-15H2,1-7H3,(H,24,27)(H2,21,22,23);1H.